The van der Waals surface area contributed by atoms with E-state index in [1.807, 2.05) is 13.0 Å². The standard InChI is InChI=1S/C16H13BrFN3O/c1-9-13(17)4-3-11(20-9)7-16(22)21-15-8-19-14-5-2-10(18)6-12(14)15/h2-6,8,19H,7H2,1H3,(H,21,22). The molecule has 0 saturated heterocycles. The molecule has 0 saturated carbocycles. The second-order valence-electron chi connectivity index (χ2n) is 4.99. The summed E-state index contributed by atoms with van der Waals surface area (Å²) < 4.78 is 14.2. The molecule has 0 fully saturated rings. The minimum Gasteiger partial charge on any atom is -0.359 e. The summed E-state index contributed by atoms with van der Waals surface area (Å²) in [6, 6.07) is 8.07. The maximum Gasteiger partial charge on any atom is 0.230 e. The van der Waals surface area contributed by atoms with E-state index in [1.54, 1.807) is 18.3 Å². The van der Waals surface area contributed by atoms with E-state index in [2.05, 4.69) is 31.2 Å². The lowest BCUT2D eigenvalue weighted by atomic mass is 10.2. The fourth-order valence-corrected chi connectivity index (χ4v) is 2.47. The van der Waals surface area contributed by atoms with Crippen LogP contribution >= 0.6 is 15.9 Å². The third-order valence-electron chi connectivity index (χ3n) is 3.34. The molecule has 2 heterocycles. The lowest BCUT2D eigenvalue weighted by Gasteiger charge is -2.05. The number of rotatable bonds is 3. The topological polar surface area (TPSA) is 57.8 Å². The highest BCUT2D eigenvalue weighted by molar-refractivity contribution is 9.10. The second kappa shape index (κ2) is 5.88. The molecule has 0 atom stereocenters. The highest BCUT2D eigenvalue weighted by atomic mass is 79.9. The molecule has 2 aromatic heterocycles. The van der Waals surface area contributed by atoms with Gasteiger partial charge in [-0.2, -0.15) is 0 Å². The maximum absolute atomic E-state index is 13.3. The van der Waals surface area contributed by atoms with Crippen molar-refractivity contribution in [2.75, 3.05) is 5.32 Å². The van der Waals surface area contributed by atoms with Crippen LogP contribution in [-0.4, -0.2) is 15.9 Å². The van der Waals surface area contributed by atoms with Gasteiger partial charge in [0.05, 0.1) is 23.5 Å². The summed E-state index contributed by atoms with van der Waals surface area (Å²) >= 11 is 3.38. The van der Waals surface area contributed by atoms with E-state index in [-0.39, 0.29) is 18.1 Å². The minimum atomic E-state index is -0.340. The highest BCUT2D eigenvalue weighted by Gasteiger charge is 2.10. The average Bonchev–Trinajstić information content (AvgIpc) is 2.85. The number of aromatic nitrogens is 2. The molecule has 0 bridgehead atoms. The van der Waals surface area contributed by atoms with Crippen LogP contribution in [0.1, 0.15) is 11.4 Å². The van der Waals surface area contributed by atoms with Crippen molar-refractivity contribution in [3.8, 4) is 0 Å². The van der Waals surface area contributed by atoms with E-state index in [0.29, 0.717) is 16.8 Å². The smallest absolute Gasteiger partial charge is 0.230 e. The number of pyridine rings is 1. The fourth-order valence-electron chi connectivity index (χ4n) is 2.25. The molecule has 112 valence electrons. The van der Waals surface area contributed by atoms with E-state index in [1.165, 1.54) is 12.1 Å². The van der Waals surface area contributed by atoms with E-state index in [0.717, 1.165) is 15.7 Å². The van der Waals surface area contributed by atoms with Crippen molar-refractivity contribution in [3.05, 3.63) is 58.2 Å². The van der Waals surface area contributed by atoms with E-state index < -0.39 is 0 Å². The predicted molar refractivity (Wildman–Crippen MR) is 87.3 cm³/mol. The summed E-state index contributed by atoms with van der Waals surface area (Å²) in [5.41, 5.74) is 2.85. The fraction of sp³-hybridized carbons (Fsp3) is 0.125. The molecule has 0 aliphatic carbocycles. The quantitative estimate of drug-likeness (QED) is 0.741. The van der Waals surface area contributed by atoms with Gasteiger partial charge in [-0.3, -0.25) is 9.78 Å². The summed E-state index contributed by atoms with van der Waals surface area (Å²) in [7, 11) is 0. The maximum atomic E-state index is 13.3. The Balaban J connectivity index is 1.78. The first kappa shape index (κ1) is 14.7. The molecule has 4 nitrogen and oxygen atoms in total. The SMILES string of the molecule is Cc1nc(CC(=O)Nc2c[nH]c3ccc(F)cc23)ccc1Br. The van der Waals surface area contributed by atoms with Gasteiger partial charge in [-0.05, 0) is 53.2 Å². The Hall–Kier alpha value is -2.21. The van der Waals surface area contributed by atoms with Crippen molar-refractivity contribution in [1.82, 2.24) is 9.97 Å². The van der Waals surface area contributed by atoms with E-state index in [4.69, 9.17) is 0 Å². The van der Waals surface area contributed by atoms with Gasteiger partial charge >= 0.3 is 0 Å². The van der Waals surface area contributed by atoms with E-state index >= 15 is 0 Å². The van der Waals surface area contributed by atoms with Crippen LogP contribution in [0.25, 0.3) is 10.9 Å². The van der Waals surface area contributed by atoms with Crippen LogP contribution in [0.5, 0.6) is 0 Å². The van der Waals surface area contributed by atoms with Crippen LogP contribution in [-0.2, 0) is 11.2 Å². The number of H-pyrrole nitrogens is 1. The van der Waals surface area contributed by atoms with Gasteiger partial charge in [0.25, 0.3) is 0 Å². The number of carbonyl (C=O) groups is 1. The van der Waals surface area contributed by atoms with Gasteiger partial charge in [0, 0.05) is 21.6 Å². The molecule has 0 radical (unpaired) electrons. The van der Waals surface area contributed by atoms with Crippen molar-refractivity contribution < 1.29 is 9.18 Å². The normalized spacial score (nSPS) is 10.9. The van der Waals surface area contributed by atoms with Crippen LogP contribution in [0, 0.1) is 12.7 Å². The van der Waals surface area contributed by atoms with Crippen molar-refractivity contribution in [3.63, 3.8) is 0 Å². The molecule has 3 aromatic rings. The van der Waals surface area contributed by atoms with Crippen LogP contribution in [0.15, 0.2) is 41.0 Å². The lowest BCUT2D eigenvalue weighted by Crippen LogP contribution is -2.15. The van der Waals surface area contributed by atoms with Crippen LogP contribution in [0.4, 0.5) is 10.1 Å². The molecule has 0 aliphatic heterocycles. The predicted octanol–water partition coefficient (Wildman–Crippen LogP) is 3.95. The van der Waals surface area contributed by atoms with Gasteiger partial charge in [-0.1, -0.05) is 0 Å². The molecular formula is C16H13BrFN3O. The third kappa shape index (κ3) is 3.01. The number of benzene rings is 1. The Bertz CT molecular complexity index is 860. The van der Waals surface area contributed by atoms with Crippen LogP contribution in [0.2, 0.25) is 0 Å². The summed E-state index contributed by atoms with van der Waals surface area (Å²) in [6.07, 6.45) is 1.82. The number of halogens is 2. The molecule has 2 N–H and O–H groups in total. The number of anilines is 1. The number of hydrogen-bond acceptors (Lipinski definition) is 2. The molecular weight excluding hydrogens is 349 g/mol. The summed E-state index contributed by atoms with van der Waals surface area (Å²) in [5.74, 6) is -0.535. The summed E-state index contributed by atoms with van der Waals surface area (Å²) in [5, 5.41) is 3.43. The first-order chi connectivity index (χ1) is 10.5. The summed E-state index contributed by atoms with van der Waals surface area (Å²) in [6.45, 7) is 1.87. The number of nitrogens with zero attached hydrogens (tertiary/aromatic N) is 1. The minimum absolute atomic E-state index is 0.163. The number of nitrogens with one attached hydrogen (secondary N) is 2. The van der Waals surface area contributed by atoms with Gasteiger partial charge in [-0.25, -0.2) is 4.39 Å². The van der Waals surface area contributed by atoms with E-state index in [9.17, 15) is 9.18 Å². The first-order valence-electron chi connectivity index (χ1n) is 6.71. The molecule has 1 aromatic carbocycles. The van der Waals surface area contributed by atoms with Crippen molar-refractivity contribution in [2.45, 2.75) is 13.3 Å². The van der Waals surface area contributed by atoms with Gasteiger partial charge in [0.15, 0.2) is 0 Å². The highest BCUT2D eigenvalue weighted by Crippen LogP contribution is 2.24. The number of aryl methyl sites for hydroxylation is 1. The third-order valence-corrected chi connectivity index (χ3v) is 4.18. The van der Waals surface area contributed by atoms with Crippen molar-refractivity contribution in [1.29, 1.82) is 0 Å². The molecule has 0 aliphatic rings. The van der Waals surface area contributed by atoms with Gasteiger partial charge in [-0.15, -0.1) is 0 Å². The Kier molecular flexibility index (Phi) is 3.94. The molecule has 3 rings (SSSR count). The lowest BCUT2D eigenvalue weighted by molar-refractivity contribution is -0.115. The van der Waals surface area contributed by atoms with Crippen LogP contribution in [0.3, 0.4) is 0 Å². The molecule has 0 spiro atoms. The Morgan fingerprint density at radius 2 is 2.18 bits per heavy atom. The summed E-state index contributed by atoms with van der Waals surface area (Å²) in [4.78, 5) is 19.5. The Labute approximate surface area is 134 Å². The molecule has 22 heavy (non-hydrogen) atoms. The number of amides is 1. The zero-order chi connectivity index (χ0) is 15.7. The largest absolute Gasteiger partial charge is 0.359 e. The van der Waals surface area contributed by atoms with Crippen molar-refractivity contribution >= 4 is 38.4 Å². The molecule has 6 heteroatoms. The number of carbonyl (C=O) groups excluding carboxylic acids is 1. The van der Waals surface area contributed by atoms with Gasteiger partial charge in [0.1, 0.15) is 5.82 Å². The Morgan fingerprint density at radius 1 is 1.36 bits per heavy atom. The first-order valence-corrected chi connectivity index (χ1v) is 7.51. The zero-order valence-corrected chi connectivity index (χ0v) is 13.4. The average molecular weight is 362 g/mol. The van der Waals surface area contributed by atoms with Gasteiger partial charge in [0.2, 0.25) is 5.91 Å². The number of fused-ring (bicyclic) bond motifs is 1. The zero-order valence-electron chi connectivity index (χ0n) is 11.8. The number of hydrogen-bond donors (Lipinski definition) is 2. The molecule has 0 unspecified atom stereocenters. The van der Waals surface area contributed by atoms with Crippen molar-refractivity contribution in [2.24, 2.45) is 0 Å². The molecule has 1 amide bonds. The van der Waals surface area contributed by atoms with Gasteiger partial charge < -0.3 is 10.3 Å². The number of aromatic amines is 1. The monoisotopic (exact) mass is 361 g/mol. The van der Waals surface area contributed by atoms with Crippen LogP contribution < -0.4 is 5.32 Å². The Morgan fingerprint density at radius 3 is 2.95 bits per heavy atom. The second-order valence-corrected chi connectivity index (χ2v) is 5.84.